The molecule has 1 aliphatic rings. The van der Waals surface area contributed by atoms with E-state index in [0.717, 1.165) is 30.6 Å². The molecule has 1 aromatic carbocycles. The summed E-state index contributed by atoms with van der Waals surface area (Å²) in [7, 11) is 0. The van der Waals surface area contributed by atoms with Crippen molar-refractivity contribution in [3.8, 4) is 11.4 Å². The largest absolute Gasteiger partial charge is 0.354 e. The Bertz CT molecular complexity index is 1000. The number of carbonyl (C=O) groups excluding carboxylic acids is 2. The number of rotatable bonds is 7. The molecule has 30 heavy (non-hydrogen) atoms. The summed E-state index contributed by atoms with van der Waals surface area (Å²) in [6.45, 7) is 1.85. The molecule has 3 heterocycles. The third-order valence-corrected chi connectivity index (χ3v) is 5.04. The summed E-state index contributed by atoms with van der Waals surface area (Å²) in [6.07, 6.45) is 7.43. The van der Waals surface area contributed by atoms with E-state index < -0.39 is 0 Å². The lowest BCUT2D eigenvalue weighted by Crippen LogP contribution is -2.41. The number of carbonyl (C=O) groups is 2. The van der Waals surface area contributed by atoms with E-state index >= 15 is 0 Å². The molecule has 3 aromatic rings. The van der Waals surface area contributed by atoms with Crippen molar-refractivity contribution in [3.63, 3.8) is 0 Å². The van der Waals surface area contributed by atoms with Gasteiger partial charge in [0.15, 0.2) is 5.82 Å². The van der Waals surface area contributed by atoms with Crippen LogP contribution in [-0.4, -0.2) is 56.1 Å². The number of nitrogens with zero attached hydrogens (tertiary/aromatic N) is 5. The predicted molar refractivity (Wildman–Crippen MR) is 112 cm³/mol. The van der Waals surface area contributed by atoms with Gasteiger partial charge in [-0.3, -0.25) is 14.3 Å². The maximum atomic E-state index is 13.0. The average molecular weight is 404 g/mol. The van der Waals surface area contributed by atoms with Crippen LogP contribution in [0.4, 0.5) is 0 Å². The Kier molecular flexibility index (Phi) is 6.12. The highest BCUT2D eigenvalue weighted by Gasteiger charge is 2.25. The first-order chi connectivity index (χ1) is 14.7. The zero-order chi connectivity index (χ0) is 20.8. The van der Waals surface area contributed by atoms with Crippen LogP contribution in [0.25, 0.3) is 11.4 Å². The van der Waals surface area contributed by atoms with Crippen LogP contribution in [0.5, 0.6) is 0 Å². The zero-order valence-corrected chi connectivity index (χ0v) is 16.7. The Labute approximate surface area is 175 Å². The molecule has 2 amide bonds. The highest BCUT2D eigenvalue weighted by atomic mass is 16.2. The number of aryl methyl sites for hydroxylation is 2. The van der Waals surface area contributed by atoms with Crippen LogP contribution >= 0.6 is 0 Å². The molecule has 8 nitrogen and oxygen atoms in total. The highest BCUT2D eigenvalue weighted by Crippen LogP contribution is 2.20. The van der Waals surface area contributed by atoms with E-state index in [1.165, 1.54) is 0 Å². The number of aromatic nitrogens is 4. The molecule has 0 unspecified atom stereocenters. The van der Waals surface area contributed by atoms with Crippen molar-refractivity contribution in [3.05, 3.63) is 66.2 Å². The summed E-state index contributed by atoms with van der Waals surface area (Å²) in [6, 6.07) is 11.6. The van der Waals surface area contributed by atoms with Crippen LogP contribution in [0.15, 0.2) is 55.0 Å². The van der Waals surface area contributed by atoms with Crippen molar-refractivity contribution in [1.82, 2.24) is 30.0 Å². The molecule has 0 saturated heterocycles. The van der Waals surface area contributed by atoms with Gasteiger partial charge in [0.05, 0.1) is 17.8 Å². The number of amides is 2. The van der Waals surface area contributed by atoms with E-state index in [0.29, 0.717) is 30.9 Å². The lowest BCUT2D eigenvalue weighted by atomic mass is 10.1. The van der Waals surface area contributed by atoms with Crippen LogP contribution < -0.4 is 5.32 Å². The van der Waals surface area contributed by atoms with E-state index in [2.05, 4.69) is 20.4 Å². The van der Waals surface area contributed by atoms with Crippen molar-refractivity contribution in [1.29, 1.82) is 0 Å². The van der Waals surface area contributed by atoms with Gasteiger partial charge in [0.2, 0.25) is 5.91 Å². The zero-order valence-electron chi connectivity index (χ0n) is 16.7. The van der Waals surface area contributed by atoms with Gasteiger partial charge in [0.1, 0.15) is 0 Å². The van der Waals surface area contributed by atoms with Crippen molar-refractivity contribution >= 4 is 11.8 Å². The molecule has 0 saturated carbocycles. The van der Waals surface area contributed by atoms with E-state index in [9.17, 15) is 9.59 Å². The van der Waals surface area contributed by atoms with Gasteiger partial charge in [0, 0.05) is 43.8 Å². The summed E-state index contributed by atoms with van der Waals surface area (Å²) < 4.78 is 1.82. The quantitative estimate of drug-likeness (QED) is 0.608. The van der Waals surface area contributed by atoms with Crippen molar-refractivity contribution < 1.29 is 9.59 Å². The fourth-order valence-corrected chi connectivity index (χ4v) is 3.50. The van der Waals surface area contributed by atoms with Gasteiger partial charge in [-0.2, -0.15) is 5.10 Å². The van der Waals surface area contributed by atoms with Crippen LogP contribution in [-0.2, 0) is 17.8 Å². The van der Waals surface area contributed by atoms with Crippen molar-refractivity contribution in [2.24, 2.45) is 0 Å². The molecule has 0 aliphatic carbocycles. The van der Waals surface area contributed by atoms with Gasteiger partial charge in [-0.1, -0.05) is 30.3 Å². The molecule has 1 aliphatic heterocycles. The molecular formula is C22H24N6O2. The summed E-state index contributed by atoms with van der Waals surface area (Å²) in [5.74, 6) is 0.272. The van der Waals surface area contributed by atoms with Gasteiger partial charge >= 0.3 is 0 Å². The molecule has 2 aromatic heterocycles. The molecule has 0 spiro atoms. The fraction of sp³-hybridized carbons (Fsp3) is 0.318. The smallest absolute Gasteiger partial charge is 0.257 e. The van der Waals surface area contributed by atoms with Crippen LogP contribution in [0.2, 0.25) is 0 Å². The van der Waals surface area contributed by atoms with Gasteiger partial charge in [-0.05, 0) is 25.3 Å². The van der Waals surface area contributed by atoms with Gasteiger partial charge in [-0.25, -0.2) is 9.97 Å². The number of hydrogen-bond donors (Lipinski definition) is 1. The Hall–Kier alpha value is -3.55. The second kappa shape index (κ2) is 9.30. The Morgan fingerprint density at radius 2 is 2.03 bits per heavy atom. The molecule has 0 bridgehead atoms. The number of nitrogens with one attached hydrogen (secondary N) is 1. The molecule has 0 radical (unpaired) electrons. The number of fused-ring (bicyclic) bond motifs is 1. The topological polar surface area (TPSA) is 93.0 Å². The maximum Gasteiger partial charge on any atom is 0.257 e. The van der Waals surface area contributed by atoms with Crippen LogP contribution in [0.1, 0.15) is 28.9 Å². The molecule has 4 rings (SSSR count). The van der Waals surface area contributed by atoms with Crippen molar-refractivity contribution in [2.75, 3.05) is 19.6 Å². The number of benzene rings is 1. The van der Waals surface area contributed by atoms with Gasteiger partial charge < -0.3 is 10.2 Å². The normalized spacial score (nSPS) is 13.6. The minimum absolute atomic E-state index is 0.0421. The summed E-state index contributed by atoms with van der Waals surface area (Å²) in [5, 5.41) is 7.02. The van der Waals surface area contributed by atoms with E-state index in [1.807, 2.05) is 47.3 Å². The molecule has 1 N–H and O–H groups in total. The molecule has 0 fully saturated rings. The van der Waals surface area contributed by atoms with Gasteiger partial charge in [0.25, 0.3) is 5.91 Å². The minimum atomic E-state index is -0.186. The highest BCUT2D eigenvalue weighted by molar-refractivity contribution is 5.97. The average Bonchev–Trinajstić information content (AvgIpc) is 3.24. The molecular weight excluding hydrogens is 380 g/mol. The fourth-order valence-electron chi connectivity index (χ4n) is 3.50. The van der Waals surface area contributed by atoms with Crippen LogP contribution in [0.3, 0.4) is 0 Å². The SMILES string of the molecule is O=C(CN1CCCc2nc(-c3ccccc3)ncc2C1=O)NCCCn1cccn1. The molecule has 8 heteroatoms. The summed E-state index contributed by atoms with van der Waals surface area (Å²) >= 11 is 0. The minimum Gasteiger partial charge on any atom is -0.354 e. The van der Waals surface area contributed by atoms with E-state index in [-0.39, 0.29) is 18.4 Å². The molecule has 154 valence electrons. The Morgan fingerprint density at radius 1 is 1.17 bits per heavy atom. The van der Waals surface area contributed by atoms with Crippen molar-refractivity contribution in [2.45, 2.75) is 25.8 Å². The monoisotopic (exact) mass is 404 g/mol. The summed E-state index contributed by atoms with van der Waals surface area (Å²) in [5.41, 5.74) is 2.15. The Balaban J connectivity index is 1.35. The predicted octanol–water partition coefficient (Wildman–Crippen LogP) is 1.93. The third kappa shape index (κ3) is 4.71. The first-order valence-corrected chi connectivity index (χ1v) is 10.2. The number of hydrogen-bond acceptors (Lipinski definition) is 5. The molecule has 0 atom stereocenters. The van der Waals surface area contributed by atoms with Gasteiger partial charge in [-0.15, -0.1) is 0 Å². The standard InChI is InChI=1S/C22H24N6O2/c29-20(23-10-5-13-28-14-6-11-25-28)16-27-12-4-9-19-18(22(27)30)15-24-21(26-19)17-7-2-1-3-8-17/h1-3,6-8,11,14-15H,4-5,9-10,12-13,16H2,(H,23,29). The lowest BCUT2D eigenvalue weighted by Gasteiger charge is -2.20. The second-order valence-corrected chi connectivity index (χ2v) is 7.22. The van der Waals surface area contributed by atoms with Crippen LogP contribution in [0, 0.1) is 0 Å². The first-order valence-electron chi connectivity index (χ1n) is 10.2. The maximum absolute atomic E-state index is 13.0. The first kappa shape index (κ1) is 19.8. The lowest BCUT2D eigenvalue weighted by molar-refractivity contribution is -0.121. The third-order valence-electron chi connectivity index (χ3n) is 5.04. The second-order valence-electron chi connectivity index (χ2n) is 7.22. The Morgan fingerprint density at radius 3 is 2.83 bits per heavy atom. The summed E-state index contributed by atoms with van der Waals surface area (Å²) in [4.78, 5) is 35.9. The van der Waals surface area contributed by atoms with E-state index in [1.54, 1.807) is 17.3 Å². The van der Waals surface area contributed by atoms with E-state index in [4.69, 9.17) is 0 Å².